The van der Waals surface area contributed by atoms with Gasteiger partial charge >= 0.3 is 0 Å². The molecule has 0 saturated carbocycles. The van der Waals surface area contributed by atoms with Crippen molar-refractivity contribution in [2.45, 2.75) is 24.7 Å². The molecule has 1 heterocycles. The van der Waals surface area contributed by atoms with E-state index in [0.29, 0.717) is 24.4 Å². The fraction of sp³-hybridized carbons (Fsp3) is 0.316. The first kappa shape index (κ1) is 19.9. The number of halogens is 1. The fourth-order valence-corrected chi connectivity index (χ4v) is 4.06. The van der Waals surface area contributed by atoms with E-state index in [1.54, 1.807) is 17.9 Å². The number of nitrogens with one attached hydrogen (secondary N) is 1. The van der Waals surface area contributed by atoms with Gasteiger partial charge in [-0.1, -0.05) is 0 Å². The predicted molar refractivity (Wildman–Crippen MR) is 103 cm³/mol. The number of hydrogen-bond acceptors (Lipinski definition) is 5. The number of sulfonamides is 1. The molecule has 2 aromatic rings. The van der Waals surface area contributed by atoms with Crippen LogP contribution in [0.5, 0.6) is 11.5 Å². The third-order valence-corrected chi connectivity index (χ3v) is 5.69. The number of ether oxygens (including phenoxy) is 2. The summed E-state index contributed by atoms with van der Waals surface area (Å²) in [5.41, 5.74) is 0.730. The summed E-state index contributed by atoms with van der Waals surface area (Å²) in [6.45, 7) is 2.51. The average Bonchev–Trinajstić information content (AvgIpc) is 3.09. The van der Waals surface area contributed by atoms with Crippen molar-refractivity contribution in [2.24, 2.45) is 0 Å². The van der Waals surface area contributed by atoms with Gasteiger partial charge in [0.1, 0.15) is 5.75 Å². The van der Waals surface area contributed by atoms with Crippen LogP contribution in [0.4, 0.5) is 15.8 Å². The molecule has 1 N–H and O–H groups in total. The minimum absolute atomic E-state index is 0.0132. The average molecular weight is 408 g/mol. The highest BCUT2D eigenvalue weighted by molar-refractivity contribution is 7.92. The van der Waals surface area contributed by atoms with Crippen molar-refractivity contribution in [1.82, 2.24) is 0 Å². The highest BCUT2D eigenvalue weighted by atomic mass is 32.2. The maximum Gasteiger partial charge on any atom is 0.262 e. The van der Waals surface area contributed by atoms with Crippen LogP contribution in [0.2, 0.25) is 0 Å². The van der Waals surface area contributed by atoms with E-state index >= 15 is 0 Å². The summed E-state index contributed by atoms with van der Waals surface area (Å²) in [6.07, 6.45) is 1.16. The molecule has 0 aliphatic carbocycles. The van der Waals surface area contributed by atoms with E-state index in [2.05, 4.69) is 4.72 Å². The zero-order chi connectivity index (χ0) is 20.3. The van der Waals surface area contributed by atoms with Gasteiger partial charge in [-0.2, -0.15) is 0 Å². The van der Waals surface area contributed by atoms with E-state index in [1.165, 1.54) is 31.4 Å². The van der Waals surface area contributed by atoms with Crippen LogP contribution in [-0.2, 0) is 14.8 Å². The molecular formula is C19H21FN2O5S. The van der Waals surface area contributed by atoms with Gasteiger partial charge in [0.2, 0.25) is 5.91 Å². The van der Waals surface area contributed by atoms with Crippen LogP contribution in [-0.4, -0.2) is 34.6 Å². The van der Waals surface area contributed by atoms with Gasteiger partial charge in [0.15, 0.2) is 11.6 Å². The molecule has 7 nitrogen and oxygen atoms in total. The molecule has 9 heteroatoms. The molecule has 1 fully saturated rings. The van der Waals surface area contributed by atoms with Crippen molar-refractivity contribution in [3.8, 4) is 11.5 Å². The first-order valence-electron chi connectivity index (χ1n) is 8.79. The maximum absolute atomic E-state index is 14.0. The number of carbonyl (C=O) groups is 1. The summed E-state index contributed by atoms with van der Waals surface area (Å²) in [6, 6.07) is 8.08. The van der Waals surface area contributed by atoms with Gasteiger partial charge in [-0.05, 0) is 49.7 Å². The second kappa shape index (κ2) is 8.05. The third kappa shape index (κ3) is 4.04. The molecule has 1 amide bonds. The topological polar surface area (TPSA) is 84.9 Å². The first-order chi connectivity index (χ1) is 13.4. The second-order valence-electron chi connectivity index (χ2n) is 6.17. The van der Waals surface area contributed by atoms with Crippen molar-refractivity contribution in [1.29, 1.82) is 0 Å². The molecule has 1 aliphatic rings. The van der Waals surface area contributed by atoms with Gasteiger partial charge < -0.3 is 14.4 Å². The van der Waals surface area contributed by atoms with Crippen LogP contribution in [0.1, 0.15) is 19.8 Å². The van der Waals surface area contributed by atoms with Crippen molar-refractivity contribution in [2.75, 3.05) is 29.9 Å². The van der Waals surface area contributed by atoms with Gasteiger partial charge in [-0.15, -0.1) is 0 Å². The van der Waals surface area contributed by atoms with Gasteiger partial charge in [-0.3, -0.25) is 9.52 Å². The SMILES string of the molecule is CCOc1ccc(S(=O)(=O)Nc2ccc(OC)c(N3CCCC3=O)c2)cc1F. The van der Waals surface area contributed by atoms with Crippen LogP contribution < -0.4 is 19.1 Å². The highest BCUT2D eigenvalue weighted by Gasteiger charge is 2.25. The van der Waals surface area contributed by atoms with Crippen LogP contribution in [0.3, 0.4) is 0 Å². The van der Waals surface area contributed by atoms with E-state index < -0.39 is 15.8 Å². The normalized spacial score (nSPS) is 14.2. The summed E-state index contributed by atoms with van der Waals surface area (Å²) in [5.74, 6) is -0.360. The minimum atomic E-state index is -4.03. The Morgan fingerprint density at radius 2 is 1.93 bits per heavy atom. The van der Waals surface area contributed by atoms with Crippen molar-refractivity contribution >= 4 is 27.3 Å². The van der Waals surface area contributed by atoms with Crippen molar-refractivity contribution in [3.63, 3.8) is 0 Å². The molecule has 1 aliphatic heterocycles. The highest BCUT2D eigenvalue weighted by Crippen LogP contribution is 2.34. The summed E-state index contributed by atoms with van der Waals surface area (Å²) in [4.78, 5) is 13.4. The molecule has 2 aromatic carbocycles. The zero-order valence-corrected chi connectivity index (χ0v) is 16.4. The molecule has 1 saturated heterocycles. The number of methoxy groups -OCH3 is 1. The molecule has 150 valence electrons. The van der Waals surface area contributed by atoms with Gasteiger partial charge in [0.25, 0.3) is 10.0 Å². The number of nitrogens with zero attached hydrogens (tertiary/aromatic N) is 1. The lowest BCUT2D eigenvalue weighted by molar-refractivity contribution is -0.117. The predicted octanol–water partition coefficient (Wildman–Crippen LogP) is 3.16. The second-order valence-corrected chi connectivity index (χ2v) is 7.85. The Morgan fingerprint density at radius 3 is 2.54 bits per heavy atom. The zero-order valence-electron chi connectivity index (χ0n) is 15.6. The molecule has 3 rings (SSSR count). The Hall–Kier alpha value is -2.81. The summed E-state index contributed by atoms with van der Waals surface area (Å²) in [7, 11) is -2.55. The third-order valence-electron chi connectivity index (χ3n) is 4.31. The van der Waals surface area contributed by atoms with Crippen LogP contribution in [0.15, 0.2) is 41.3 Å². The van der Waals surface area contributed by atoms with Crippen molar-refractivity contribution in [3.05, 3.63) is 42.2 Å². The lowest BCUT2D eigenvalue weighted by Gasteiger charge is -2.20. The van der Waals surface area contributed by atoms with Gasteiger partial charge in [-0.25, -0.2) is 12.8 Å². The molecule has 0 unspecified atom stereocenters. The lowest BCUT2D eigenvalue weighted by atomic mass is 10.2. The fourth-order valence-electron chi connectivity index (χ4n) is 3.00. The Kier molecular flexibility index (Phi) is 5.73. The van der Waals surface area contributed by atoms with E-state index in [0.717, 1.165) is 12.5 Å². The molecule has 28 heavy (non-hydrogen) atoms. The van der Waals surface area contributed by atoms with E-state index in [4.69, 9.17) is 9.47 Å². The number of rotatable bonds is 7. The Morgan fingerprint density at radius 1 is 1.18 bits per heavy atom. The largest absolute Gasteiger partial charge is 0.495 e. The van der Waals surface area contributed by atoms with E-state index in [-0.39, 0.29) is 28.8 Å². The number of amides is 1. The number of hydrogen-bond donors (Lipinski definition) is 1. The van der Waals surface area contributed by atoms with Crippen LogP contribution in [0.25, 0.3) is 0 Å². The lowest BCUT2D eigenvalue weighted by Crippen LogP contribution is -2.24. The standard InChI is InChI=1S/C19H21FN2O5S/c1-3-27-17-9-7-14(12-15(17)20)28(24,25)21-13-6-8-18(26-2)16(11-13)22-10-4-5-19(22)23/h6-9,11-12,21H,3-5,10H2,1-2H3. The van der Waals surface area contributed by atoms with Crippen molar-refractivity contribution < 1.29 is 27.1 Å². The van der Waals surface area contributed by atoms with E-state index in [1.807, 2.05) is 0 Å². The van der Waals surface area contributed by atoms with Gasteiger partial charge in [0.05, 0.1) is 30.0 Å². The number of benzene rings is 2. The quantitative estimate of drug-likeness (QED) is 0.761. The summed E-state index contributed by atoms with van der Waals surface area (Å²) >= 11 is 0. The number of anilines is 2. The summed E-state index contributed by atoms with van der Waals surface area (Å²) < 4.78 is 52.1. The first-order valence-corrected chi connectivity index (χ1v) is 10.3. The maximum atomic E-state index is 14.0. The Labute approximate surface area is 163 Å². The van der Waals surface area contributed by atoms with E-state index in [9.17, 15) is 17.6 Å². The molecule has 0 spiro atoms. The molecule has 0 bridgehead atoms. The smallest absolute Gasteiger partial charge is 0.262 e. The molecular weight excluding hydrogens is 387 g/mol. The summed E-state index contributed by atoms with van der Waals surface area (Å²) in [5, 5.41) is 0. The molecule has 0 radical (unpaired) electrons. The van der Waals surface area contributed by atoms with Gasteiger partial charge in [0, 0.05) is 13.0 Å². The Balaban J connectivity index is 1.90. The van der Waals surface area contributed by atoms with Crippen LogP contribution in [0, 0.1) is 5.82 Å². The molecule has 0 atom stereocenters. The van der Waals surface area contributed by atoms with Crippen LogP contribution >= 0.6 is 0 Å². The Bertz CT molecular complexity index is 994. The monoisotopic (exact) mass is 408 g/mol. The minimum Gasteiger partial charge on any atom is -0.495 e. The molecule has 0 aromatic heterocycles. The number of carbonyl (C=O) groups excluding carboxylic acids is 1.